The first kappa shape index (κ1) is 16.4. The zero-order chi connectivity index (χ0) is 14.3. The maximum Gasteiger partial charge on any atom is 0.243 e. The molecule has 0 amide bonds. The molecule has 1 N–H and O–H groups in total. The summed E-state index contributed by atoms with van der Waals surface area (Å²) in [5.74, 6) is 1.10. The van der Waals surface area contributed by atoms with Crippen molar-refractivity contribution in [2.45, 2.75) is 24.8 Å². The van der Waals surface area contributed by atoms with Gasteiger partial charge in [-0.25, -0.2) is 8.42 Å². The van der Waals surface area contributed by atoms with Gasteiger partial charge in [-0.2, -0.15) is 4.31 Å². The molecule has 1 unspecified atom stereocenters. The molecule has 2 aliphatic heterocycles. The summed E-state index contributed by atoms with van der Waals surface area (Å²) < 4.78 is 37.6. The average molecular weight is 335 g/mol. The monoisotopic (exact) mass is 334 g/mol. The fourth-order valence-corrected chi connectivity index (χ4v) is 4.31. The van der Waals surface area contributed by atoms with Crippen molar-refractivity contribution in [3.05, 3.63) is 17.7 Å². The summed E-state index contributed by atoms with van der Waals surface area (Å²) in [6, 6.07) is 3.45. The van der Waals surface area contributed by atoms with Crippen LogP contribution < -0.4 is 14.8 Å². The second kappa shape index (κ2) is 6.00. The molecule has 2 aliphatic rings. The highest BCUT2D eigenvalue weighted by atomic mass is 35.5. The molecule has 8 heteroatoms. The maximum absolute atomic E-state index is 12.8. The first-order chi connectivity index (χ1) is 9.48. The van der Waals surface area contributed by atoms with Crippen LogP contribution in [0.15, 0.2) is 17.0 Å². The summed E-state index contributed by atoms with van der Waals surface area (Å²) in [6.45, 7) is 5.54. The van der Waals surface area contributed by atoms with Gasteiger partial charge >= 0.3 is 0 Å². The van der Waals surface area contributed by atoms with Crippen LogP contribution >= 0.6 is 12.4 Å². The average Bonchev–Trinajstić information content (AvgIpc) is 2.84. The number of nitrogens with zero attached hydrogens (tertiary/aromatic N) is 1. The lowest BCUT2D eigenvalue weighted by Crippen LogP contribution is -2.51. The van der Waals surface area contributed by atoms with Gasteiger partial charge in [-0.15, -0.1) is 12.4 Å². The van der Waals surface area contributed by atoms with Crippen LogP contribution in [0.4, 0.5) is 0 Å². The zero-order valence-corrected chi connectivity index (χ0v) is 13.6. The fourth-order valence-electron chi connectivity index (χ4n) is 2.56. The van der Waals surface area contributed by atoms with Crippen LogP contribution in [0, 0.1) is 6.92 Å². The van der Waals surface area contributed by atoms with E-state index in [9.17, 15) is 8.42 Å². The van der Waals surface area contributed by atoms with E-state index in [0.717, 1.165) is 0 Å². The minimum absolute atomic E-state index is 0. The van der Waals surface area contributed by atoms with Gasteiger partial charge in [0, 0.05) is 31.7 Å². The molecule has 1 fully saturated rings. The lowest BCUT2D eigenvalue weighted by molar-refractivity contribution is 0.174. The van der Waals surface area contributed by atoms with E-state index in [1.165, 1.54) is 4.31 Å². The number of halogens is 1. The Kier molecular flexibility index (Phi) is 4.67. The number of nitrogens with one attached hydrogen (secondary N) is 1. The summed E-state index contributed by atoms with van der Waals surface area (Å²) in [4.78, 5) is 0.302. The van der Waals surface area contributed by atoms with Crippen molar-refractivity contribution in [2.75, 3.05) is 26.4 Å². The van der Waals surface area contributed by atoms with Gasteiger partial charge in [0.05, 0.1) is 4.90 Å². The Morgan fingerprint density at radius 3 is 2.62 bits per heavy atom. The number of hydrogen-bond acceptors (Lipinski definition) is 5. The number of rotatable bonds is 2. The SMILES string of the molecule is Cc1cc2c(cc1S(=O)(=O)N1CCNC(C)C1)OCO2.Cl. The Balaban J connectivity index is 0.00000161. The van der Waals surface area contributed by atoms with E-state index in [1.54, 1.807) is 19.1 Å². The van der Waals surface area contributed by atoms with Gasteiger partial charge in [-0.05, 0) is 25.5 Å². The third-order valence-electron chi connectivity index (χ3n) is 3.62. The van der Waals surface area contributed by atoms with Crippen molar-refractivity contribution in [3.8, 4) is 11.5 Å². The lowest BCUT2D eigenvalue weighted by atomic mass is 10.2. The van der Waals surface area contributed by atoms with E-state index in [1.807, 2.05) is 6.92 Å². The number of hydrogen-bond donors (Lipinski definition) is 1. The van der Waals surface area contributed by atoms with Crippen molar-refractivity contribution in [1.82, 2.24) is 9.62 Å². The van der Waals surface area contributed by atoms with Crippen LogP contribution in [0.2, 0.25) is 0 Å². The van der Waals surface area contributed by atoms with Crippen molar-refractivity contribution in [2.24, 2.45) is 0 Å². The van der Waals surface area contributed by atoms with Crippen LogP contribution in [0.1, 0.15) is 12.5 Å². The number of sulfonamides is 1. The van der Waals surface area contributed by atoms with E-state index in [4.69, 9.17) is 9.47 Å². The van der Waals surface area contributed by atoms with Crippen LogP contribution in [0.5, 0.6) is 11.5 Å². The predicted molar refractivity (Wildman–Crippen MR) is 80.8 cm³/mol. The van der Waals surface area contributed by atoms with Crippen LogP contribution in [-0.2, 0) is 10.0 Å². The summed E-state index contributed by atoms with van der Waals surface area (Å²) in [5.41, 5.74) is 0.681. The van der Waals surface area contributed by atoms with Crippen molar-refractivity contribution in [1.29, 1.82) is 0 Å². The highest BCUT2D eigenvalue weighted by Gasteiger charge is 2.31. The number of ether oxygens (including phenoxy) is 2. The molecule has 0 radical (unpaired) electrons. The van der Waals surface area contributed by atoms with Crippen molar-refractivity contribution < 1.29 is 17.9 Å². The minimum atomic E-state index is -3.49. The molecule has 3 rings (SSSR count). The Morgan fingerprint density at radius 1 is 1.29 bits per heavy atom. The molecule has 6 nitrogen and oxygen atoms in total. The highest BCUT2D eigenvalue weighted by molar-refractivity contribution is 7.89. The second-order valence-electron chi connectivity index (χ2n) is 5.19. The van der Waals surface area contributed by atoms with Gasteiger partial charge in [0.15, 0.2) is 11.5 Å². The topological polar surface area (TPSA) is 67.9 Å². The third-order valence-corrected chi connectivity index (χ3v) is 5.63. The highest BCUT2D eigenvalue weighted by Crippen LogP contribution is 2.37. The predicted octanol–water partition coefficient (Wildman–Crippen LogP) is 1.13. The van der Waals surface area contributed by atoms with Crippen molar-refractivity contribution >= 4 is 22.4 Å². The van der Waals surface area contributed by atoms with E-state index in [-0.39, 0.29) is 25.2 Å². The summed E-state index contributed by atoms with van der Waals surface area (Å²) in [5, 5.41) is 3.24. The largest absolute Gasteiger partial charge is 0.454 e. The number of piperazine rings is 1. The molecule has 1 aromatic carbocycles. The van der Waals surface area contributed by atoms with Crippen LogP contribution in [0.25, 0.3) is 0 Å². The Morgan fingerprint density at radius 2 is 1.95 bits per heavy atom. The Bertz CT molecular complexity index is 635. The molecule has 2 heterocycles. The van der Waals surface area contributed by atoms with E-state index in [0.29, 0.717) is 41.6 Å². The quantitative estimate of drug-likeness (QED) is 0.878. The maximum atomic E-state index is 12.8. The molecule has 118 valence electrons. The molecule has 1 atom stereocenters. The van der Waals surface area contributed by atoms with Crippen LogP contribution in [0.3, 0.4) is 0 Å². The van der Waals surface area contributed by atoms with Gasteiger partial charge < -0.3 is 14.8 Å². The molecule has 1 aromatic rings. The molecule has 21 heavy (non-hydrogen) atoms. The molecule has 0 saturated carbocycles. The molecular weight excluding hydrogens is 316 g/mol. The Labute approximate surface area is 130 Å². The van der Waals surface area contributed by atoms with Gasteiger partial charge in [-0.1, -0.05) is 0 Å². The summed E-state index contributed by atoms with van der Waals surface area (Å²) in [7, 11) is -3.49. The molecule has 0 aromatic heterocycles. The molecule has 1 saturated heterocycles. The molecule has 0 aliphatic carbocycles. The zero-order valence-electron chi connectivity index (χ0n) is 12.0. The normalized spacial score (nSPS) is 21.9. The lowest BCUT2D eigenvalue weighted by Gasteiger charge is -2.31. The third kappa shape index (κ3) is 2.96. The van der Waals surface area contributed by atoms with Crippen molar-refractivity contribution in [3.63, 3.8) is 0 Å². The summed E-state index contributed by atoms with van der Waals surface area (Å²) >= 11 is 0. The van der Waals surface area contributed by atoms with Gasteiger partial charge in [0.2, 0.25) is 16.8 Å². The molecule has 0 spiro atoms. The Hall–Kier alpha value is -1.02. The molecule has 0 bridgehead atoms. The smallest absolute Gasteiger partial charge is 0.243 e. The standard InChI is InChI=1S/C13H18N2O4S.ClH/c1-9-5-11-12(19-8-18-11)6-13(9)20(16,17)15-4-3-14-10(2)7-15;/h5-6,10,14H,3-4,7-8H2,1-2H3;1H. The fraction of sp³-hybridized carbons (Fsp3) is 0.538. The second-order valence-corrected chi connectivity index (χ2v) is 7.10. The summed E-state index contributed by atoms with van der Waals surface area (Å²) in [6.07, 6.45) is 0. The molecular formula is C13H19ClN2O4S. The van der Waals surface area contributed by atoms with Gasteiger partial charge in [-0.3, -0.25) is 0 Å². The number of fused-ring (bicyclic) bond motifs is 1. The van der Waals surface area contributed by atoms with Crippen LogP contribution in [-0.4, -0.2) is 45.2 Å². The minimum Gasteiger partial charge on any atom is -0.454 e. The van der Waals surface area contributed by atoms with E-state index >= 15 is 0 Å². The van der Waals surface area contributed by atoms with E-state index < -0.39 is 10.0 Å². The van der Waals surface area contributed by atoms with Gasteiger partial charge in [0.25, 0.3) is 0 Å². The number of aryl methyl sites for hydroxylation is 1. The first-order valence-electron chi connectivity index (χ1n) is 6.62. The van der Waals surface area contributed by atoms with Gasteiger partial charge in [0.1, 0.15) is 0 Å². The van der Waals surface area contributed by atoms with E-state index in [2.05, 4.69) is 5.32 Å². The number of benzene rings is 1. The first-order valence-corrected chi connectivity index (χ1v) is 8.06.